The number of rotatable bonds is 4. The van der Waals surface area contributed by atoms with Crippen molar-refractivity contribution in [2.24, 2.45) is 0 Å². The normalized spacial score (nSPS) is 10.9. The molecule has 0 spiro atoms. The highest BCUT2D eigenvalue weighted by Gasteiger charge is 2.10. The third-order valence-electron chi connectivity index (χ3n) is 3.00. The molecule has 0 unspecified atom stereocenters. The highest BCUT2D eigenvalue weighted by Crippen LogP contribution is 2.21. The molecule has 0 aliphatic rings. The van der Waals surface area contributed by atoms with Crippen molar-refractivity contribution in [3.63, 3.8) is 0 Å². The van der Waals surface area contributed by atoms with Crippen LogP contribution in [0.15, 0.2) is 24.3 Å². The van der Waals surface area contributed by atoms with Crippen LogP contribution < -0.4 is 5.32 Å². The Morgan fingerprint density at radius 1 is 1.25 bits per heavy atom. The summed E-state index contributed by atoms with van der Waals surface area (Å²) in [5.41, 5.74) is 1.79. The summed E-state index contributed by atoms with van der Waals surface area (Å²) in [5, 5.41) is 3.43. The average Bonchev–Trinajstić information content (AvgIpc) is 2.41. The van der Waals surface area contributed by atoms with Gasteiger partial charge in [0.15, 0.2) is 0 Å². The Bertz CT molecular complexity index is 614. The van der Waals surface area contributed by atoms with E-state index in [0.717, 1.165) is 17.1 Å². The van der Waals surface area contributed by atoms with Crippen molar-refractivity contribution in [2.75, 3.05) is 12.4 Å². The number of halogens is 2. The van der Waals surface area contributed by atoms with Gasteiger partial charge in [0.2, 0.25) is 0 Å². The summed E-state index contributed by atoms with van der Waals surface area (Å²) in [6.45, 7) is 4.16. The van der Waals surface area contributed by atoms with Crippen LogP contribution in [0.2, 0.25) is 5.02 Å². The van der Waals surface area contributed by atoms with Gasteiger partial charge in [0.1, 0.15) is 17.5 Å². The van der Waals surface area contributed by atoms with Gasteiger partial charge < -0.3 is 5.32 Å². The molecule has 0 saturated heterocycles. The van der Waals surface area contributed by atoms with E-state index in [2.05, 4.69) is 29.1 Å². The number of nitrogens with one attached hydrogen (secondary N) is 1. The number of hydrogen-bond donors (Lipinski definition) is 1. The SMILES string of the molecule is CNc1cc(C(C)C)nc(Cc2ccc(F)cc2Cl)n1. The van der Waals surface area contributed by atoms with Crippen molar-refractivity contribution < 1.29 is 4.39 Å². The van der Waals surface area contributed by atoms with Gasteiger partial charge >= 0.3 is 0 Å². The predicted molar refractivity (Wildman–Crippen MR) is 79.9 cm³/mol. The van der Waals surface area contributed by atoms with E-state index in [4.69, 9.17) is 11.6 Å². The molecule has 0 atom stereocenters. The topological polar surface area (TPSA) is 37.8 Å². The minimum absolute atomic E-state index is 0.313. The summed E-state index contributed by atoms with van der Waals surface area (Å²) in [4.78, 5) is 8.95. The maximum atomic E-state index is 13.0. The zero-order valence-electron chi connectivity index (χ0n) is 11.7. The van der Waals surface area contributed by atoms with Gasteiger partial charge in [0.25, 0.3) is 0 Å². The van der Waals surface area contributed by atoms with Crippen molar-refractivity contribution in [2.45, 2.75) is 26.2 Å². The molecule has 5 heteroatoms. The molecule has 1 aromatic carbocycles. The van der Waals surface area contributed by atoms with E-state index < -0.39 is 0 Å². The molecular weight excluding hydrogens is 277 g/mol. The van der Waals surface area contributed by atoms with Gasteiger partial charge in [0, 0.05) is 30.3 Å². The standard InChI is InChI=1S/C15H17ClFN3/c1-9(2)13-8-14(18-3)20-15(19-13)6-10-4-5-11(17)7-12(10)16/h4-5,7-9H,6H2,1-3H3,(H,18,19,20). The third-order valence-corrected chi connectivity index (χ3v) is 3.36. The zero-order valence-corrected chi connectivity index (χ0v) is 12.5. The molecule has 0 fully saturated rings. The van der Waals surface area contributed by atoms with Crippen molar-refractivity contribution in [1.82, 2.24) is 9.97 Å². The fraction of sp³-hybridized carbons (Fsp3) is 0.333. The highest BCUT2D eigenvalue weighted by molar-refractivity contribution is 6.31. The van der Waals surface area contributed by atoms with Gasteiger partial charge in [-0.15, -0.1) is 0 Å². The highest BCUT2D eigenvalue weighted by atomic mass is 35.5. The second-order valence-electron chi connectivity index (χ2n) is 4.91. The number of benzene rings is 1. The van der Waals surface area contributed by atoms with Crippen molar-refractivity contribution in [1.29, 1.82) is 0 Å². The lowest BCUT2D eigenvalue weighted by Crippen LogP contribution is -2.05. The van der Waals surface area contributed by atoms with Crippen molar-refractivity contribution in [3.05, 3.63) is 52.2 Å². The van der Waals surface area contributed by atoms with E-state index in [9.17, 15) is 4.39 Å². The van der Waals surface area contributed by atoms with E-state index in [1.54, 1.807) is 6.07 Å². The first-order valence-corrected chi connectivity index (χ1v) is 6.87. The Hall–Kier alpha value is -1.68. The fourth-order valence-corrected chi connectivity index (χ4v) is 2.09. The smallest absolute Gasteiger partial charge is 0.135 e. The number of hydrogen-bond acceptors (Lipinski definition) is 3. The molecule has 20 heavy (non-hydrogen) atoms. The molecule has 0 saturated carbocycles. The van der Waals surface area contributed by atoms with Crippen LogP contribution in [-0.2, 0) is 6.42 Å². The number of anilines is 1. The minimum atomic E-state index is -0.341. The minimum Gasteiger partial charge on any atom is -0.373 e. The van der Waals surface area contributed by atoms with Gasteiger partial charge in [0.05, 0.1) is 0 Å². The Labute approximate surface area is 123 Å². The summed E-state index contributed by atoms with van der Waals surface area (Å²) in [6.07, 6.45) is 0.481. The molecule has 1 aromatic heterocycles. The van der Waals surface area contributed by atoms with Crippen LogP contribution in [0.4, 0.5) is 10.2 Å². The van der Waals surface area contributed by atoms with E-state index in [1.165, 1.54) is 12.1 Å². The molecular formula is C15H17ClFN3. The summed E-state index contributed by atoms with van der Waals surface area (Å²) in [6, 6.07) is 6.30. The van der Waals surface area contributed by atoms with Crippen LogP contribution in [0.3, 0.4) is 0 Å². The molecule has 0 aliphatic heterocycles. The Kier molecular flexibility index (Phi) is 4.55. The molecule has 0 aliphatic carbocycles. The largest absolute Gasteiger partial charge is 0.373 e. The molecule has 0 amide bonds. The lowest BCUT2D eigenvalue weighted by molar-refractivity contribution is 0.627. The maximum absolute atomic E-state index is 13.0. The Morgan fingerprint density at radius 2 is 2.00 bits per heavy atom. The molecule has 0 radical (unpaired) electrons. The summed E-state index contributed by atoms with van der Waals surface area (Å²) >= 11 is 6.04. The van der Waals surface area contributed by atoms with Gasteiger partial charge in [-0.3, -0.25) is 0 Å². The van der Waals surface area contributed by atoms with E-state index in [0.29, 0.717) is 23.2 Å². The third kappa shape index (κ3) is 3.45. The molecule has 106 valence electrons. The van der Waals surface area contributed by atoms with Crippen molar-refractivity contribution >= 4 is 17.4 Å². The second kappa shape index (κ2) is 6.18. The molecule has 3 nitrogen and oxygen atoms in total. The maximum Gasteiger partial charge on any atom is 0.135 e. The van der Waals surface area contributed by atoms with E-state index in [-0.39, 0.29) is 5.82 Å². The lowest BCUT2D eigenvalue weighted by Gasteiger charge is -2.10. The van der Waals surface area contributed by atoms with Crippen LogP contribution in [0.5, 0.6) is 0 Å². The van der Waals surface area contributed by atoms with Gasteiger partial charge in [-0.05, 0) is 23.6 Å². The van der Waals surface area contributed by atoms with E-state index >= 15 is 0 Å². The fourth-order valence-electron chi connectivity index (χ4n) is 1.86. The zero-order chi connectivity index (χ0) is 14.7. The first-order chi connectivity index (χ1) is 9.49. The average molecular weight is 294 g/mol. The molecule has 2 rings (SSSR count). The lowest BCUT2D eigenvalue weighted by atomic mass is 10.1. The molecule has 1 N–H and O–H groups in total. The molecule has 0 bridgehead atoms. The van der Waals surface area contributed by atoms with Crippen LogP contribution >= 0.6 is 11.6 Å². The van der Waals surface area contributed by atoms with Gasteiger partial charge in [-0.2, -0.15) is 0 Å². The van der Waals surface area contributed by atoms with Crippen LogP contribution in [-0.4, -0.2) is 17.0 Å². The van der Waals surface area contributed by atoms with Gasteiger partial charge in [-0.1, -0.05) is 31.5 Å². The molecule has 1 heterocycles. The number of nitrogens with zero attached hydrogens (tertiary/aromatic N) is 2. The monoisotopic (exact) mass is 293 g/mol. The number of aromatic nitrogens is 2. The van der Waals surface area contributed by atoms with E-state index in [1.807, 2.05) is 13.1 Å². The van der Waals surface area contributed by atoms with Crippen LogP contribution in [0.25, 0.3) is 0 Å². The van der Waals surface area contributed by atoms with Crippen molar-refractivity contribution in [3.8, 4) is 0 Å². The summed E-state index contributed by atoms with van der Waals surface area (Å²) in [5.74, 6) is 1.42. The summed E-state index contributed by atoms with van der Waals surface area (Å²) < 4.78 is 13.0. The van der Waals surface area contributed by atoms with Gasteiger partial charge in [-0.25, -0.2) is 14.4 Å². The first-order valence-electron chi connectivity index (χ1n) is 6.49. The Morgan fingerprint density at radius 3 is 2.60 bits per heavy atom. The summed E-state index contributed by atoms with van der Waals surface area (Å²) in [7, 11) is 1.82. The van der Waals surface area contributed by atoms with Crippen LogP contribution in [0, 0.1) is 5.82 Å². The quantitative estimate of drug-likeness (QED) is 0.925. The first kappa shape index (κ1) is 14.7. The predicted octanol–water partition coefficient (Wildman–Crippen LogP) is 4.03. The second-order valence-corrected chi connectivity index (χ2v) is 5.32. The molecule has 2 aromatic rings. The van der Waals surface area contributed by atoms with Crippen LogP contribution in [0.1, 0.15) is 36.8 Å². The Balaban J connectivity index is 2.34.